The van der Waals surface area contributed by atoms with E-state index in [4.69, 9.17) is 9.47 Å². The van der Waals surface area contributed by atoms with Crippen LogP contribution in [-0.4, -0.2) is 38.0 Å². The van der Waals surface area contributed by atoms with Gasteiger partial charge in [-0.25, -0.2) is 0 Å². The van der Waals surface area contributed by atoms with Crippen LogP contribution in [0.5, 0.6) is 0 Å². The predicted molar refractivity (Wildman–Crippen MR) is 68.9 cm³/mol. The Labute approximate surface area is 101 Å². The van der Waals surface area contributed by atoms with Crippen molar-refractivity contribution in [1.82, 2.24) is 5.32 Å². The summed E-state index contributed by atoms with van der Waals surface area (Å²) < 4.78 is 11.3. The SMILES string of the molecule is CCNCCC(C)(C)OCCC(C)(C)OC. The number of rotatable bonds is 9. The van der Waals surface area contributed by atoms with Crippen molar-refractivity contribution in [2.45, 2.75) is 58.7 Å². The molecular weight excluding hydrogens is 202 g/mol. The van der Waals surface area contributed by atoms with E-state index in [1.807, 2.05) is 0 Å². The van der Waals surface area contributed by atoms with Gasteiger partial charge in [-0.1, -0.05) is 6.92 Å². The molecule has 0 aliphatic heterocycles. The summed E-state index contributed by atoms with van der Waals surface area (Å²) in [5.74, 6) is 0. The second-order valence-electron chi connectivity index (χ2n) is 5.43. The summed E-state index contributed by atoms with van der Waals surface area (Å²) in [5, 5.41) is 3.32. The molecule has 0 saturated heterocycles. The maximum absolute atomic E-state index is 5.89. The van der Waals surface area contributed by atoms with E-state index >= 15 is 0 Å². The Bertz CT molecular complexity index is 179. The highest BCUT2D eigenvalue weighted by Crippen LogP contribution is 2.18. The van der Waals surface area contributed by atoms with E-state index in [-0.39, 0.29) is 11.2 Å². The lowest BCUT2D eigenvalue weighted by atomic mass is 10.0. The summed E-state index contributed by atoms with van der Waals surface area (Å²) in [5.41, 5.74) is -0.135. The molecule has 0 unspecified atom stereocenters. The van der Waals surface area contributed by atoms with E-state index in [0.717, 1.165) is 32.5 Å². The lowest BCUT2D eigenvalue weighted by Gasteiger charge is -2.29. The van der Waals surface area contributed by atoms with Crippen LogP contribution in [0.1, 0.15) is 47.5 Å². The topological polar surface area (TPSA) is 30.5 Å². The minimum Gasteiger partial charge on any atom is -0.379 e. The molecule has 0 saturated carbocycles. The molecule has 0 radical (unpaired) electrons. The molecule has 0 spiro atoms. The zero-order chi connectivity index (χ0) is 12.7. The van der Waals surface area contributed by atoms with Gasteiger partial charge in [-0.2, -0.15) is 0 Å². The van der Waals surface area contributed by atoms with Gasteiger partial charge in [0, 0.05) is 7.11 Å². The Morgan fingerprint density at radius 2 is 1.62 bits per heavy atom. The third-order valence-electron chi connectivity index (χ3n) is 2.90. The quantitative estimate of drug-likeness (QED) is 0.619. The average Bonchev–Trinajstić information content (AvgIpc) is 2.17. The second-order valence-corrected chi connectivity index (χ2v) is 5.43. The Morgan fingerprint density at radius 3 is 2.12 bits per heavy atom. The van der Waals surface area contributed by atoms with Crippen LogP contribution in [0.25, 0.3) is 0 Å². The van der Waals surface area contributed by atoms with Gasteiger partial charge >= 0.3 is 0 Å². The third-order valence-corrected chi connectivity index (χ3v) is 2.90. The monoisotopic (exact) mass is 231 g/mol. The molecule has 0 heterocycles. The van der Waals surface area contributed by atoms with Crippen molar-refractivity contribution >= 4 is 0 Å². The van der Waals surface area contributed by atoms with Gasteiger partial charge in [-0.05, 0) is 53.6 Å². The molecule has 0 aliphatic rings. The maximum atomic E-state index is 5.89. The van der Waals surface area contributed by atoms with E-state index in [1.54, 1.807) is 7.11 Å². The first kappa shape index (κ1) is 15.9. The standard InChI is InChI=1S/C13H29NO2/c1-7-14-10-8-13(4,5)16-11-9-12(2,3)15-6/h14H,7-11H2,1-6H3. The second kappa shape index (κ2) is 7.25. The smallest absolute Gasteiger partial charge is 0.0644 e. The first-order valence-corrected chi connectivity index (χ1v) is 6.23. The predicted octanol–water partition coefficient (Wildman–Crippen LogP) is 2.60. The van der Waals surface area contributed by atoms with Crippen molar-refractivity contribution in [2.24, 2.45) is 0 Å². The third kappa shape index (κ3) is 8.08. The molecule has 0 bridgehead atoms. The van der Waals surface area contributed by atoms with Crippen LogP contribution in [0.3, 0.4) is 0 Å². The number of ether oxygens (including phenoxy) is 2. The number of hydrogen-bond acceptors (Lipinski definition) is 3. The van der Waals surface area contributed by atoms with Gasteiger partial charge in [-0.15, -0.1) is 0 Å². The average molecular weight is 231 g/mol. The lowest BCUT2D eigenvalue weighted by Crippen LogP contribution is -2.32. The fraction of sp³-hybridized carbons (Fsp3) is 1.00. The molecule has 0 aromatic heterocycles. The summed E-state index contributed by atoms with van der Waals surface area (Å²) in [6.45, 7) is 13.4. The zero-order valence-corrected chi connectivity index (χ0v) is 11.9. The first-order chi connectivity index (χ1) is 7.33. The zero-order valence-electron chi connectivity index (χ0n) is 11.9. The van der Waals surface area contributed by atoms with Crippen molar-refractivity contribution in [3.8, 4) is 0 Å². The molecule has 1 N–H and O–H groups in total. The number of nitrogens with one attached hydrogen (secondary N) is 1. The Kier molecular flexibility index (Phi) is 7.20. The van der Waals surface area contributed by atoms with Crippen molar-refractivity contribution < 1.29 is 9.47 Å². The number of methoxy groups -OCH3 is 1. The minimum atomic E-state index is -0.0856. The van der Waals surface area contributed by atoms with Gasteiger partial charge < -0.3 is 14.8 Å². The van der Waals surface area contributed by atoms with Gasteiger partial charge in [0.15, 0.2) is 0 Å². The van der Waals surface area contributed by atoms with E-state index in [2.05, 4.69) is 39.9 Å². The van der Waals surface area contributed by atoms with Crippen molar-refractivity contribution in [3.63, 3.8) is 0 Å². The molecule has 0 amide bonds. The molecule has 0 atom stereocenters. The molecule has 3 nitrogen and oxygen atoms in total. The van der Waals surface area contributed by atoms with Crippen LogP contribution in [0.4, 0.5) is 0 Å². The van der Waals surface area contributed by atoms with Crippen LogP contribution < -0.4 is 5.32 Å². The molecule has 0 fully saturated rings. The highest BCUT2D eigenvalue weighted by atomic mass is 16.5. The van der Waals surface area contributed by atoms with Crippen molar-refractivity contribution in [1.29, 1.82) is 0 Å². The Hall–Kier alpha value is -0.120. The Morgan fingerprint density at radius 1 is 1.00 bits per heavy atom. The van der Waals surface area contributed by atoms with Crippen LogP contribution in [-0.2, 0) is 9.47 Å². The molecule has 3 heteroatoms. The van der Waals surface area contributed by atoms with E-state index in [0.29, 0.717) is 0 Å². The molecule has 16 heavy (non-hydrogen) atoms. The minimum absolute atomic E-state index is 0.0496. The lowest BCUT2D eigenvalue weighted by molar-refractivity contribution is -0.0606. The van der Waals surface area contributed by atoms with Crippen LogP contribution >= 0.6 is 0 Å². The van der Waals surface area contributed by atoms with Gasteiger partial charge in [-0.3, -0.25) is 0 Å². The van der Waals surface area contributed by atoms with E-state index in [1.165, 1.54) is 0 Å². The fourth-order valence-corrected chi connectivity index (χ4v) is 1.31. The summed E-state index contributed by atoms with van der Waals surface area (Å²) >= 11 is 0. The van der Waals surface area contributed by atoms with Crippen LogP contribution in [0.15, 0.2) is 0 Å². The first-order valence-electron chi connectivity index (χ1n) is 6.23. The van der Waals surface area contributed by atoms with Gasteiger partial charge in [0.25, 0.3) is 0 Å². The summed E-state index contributed by atoms with van der Waals surface area (Å²) in [7, 11) is 1.75. The van der Waals surface area contributed by atoms with Crippen molar-refractivity contribution in [3.05, 3.63) is 0 Å². The summed E-state index contributed by atoms with van der Waals surface area (Å²) in [6, 6.07) is 0. The summed E-state index contributed by atoms with van der Waals surface area (Å²) in [6.07, 6.45) is 1.96. The van der Waals surface area contributed by atoms with Gasteiger partial charge in [0.1, 0.15) is 0 Å². The van der Waals surface area contributed by atoms with E-state index in [9.17, 15) is 0 Å². The Balaban J connectivity index is 3.73. The molecule has 0 aromatic rings. The highest BCUT2D eigenvalue weighted by molar-refractivity contribution is 4.72. The van der Waals surface area contributed by atoms with Gasteiger partial charge in [0.2, 0.25) is 0 Å². The normalized spacial score (nSPS) is 13.1. The van der Waals surface area contributed by atoms with E-state index < -0.39 is 0 Å². The molecule has 98 valence electrons. The maximum Gasteiger partial charge on any atom is 0.0644 e. The fourth-order valence-electron chi connectivity index (χ4n) is 1.31. The molecule has 0 rings (SSSR count). The van der Waals surface area contributed by atoms with Crippen LogP contribution in [0.2, 0.25) is 0 Å². The molecular formula is C13H29NO2. The van der Waals surface area contributed by atoms with Crippen molar-refractivity contribution in [2.75, 3.05) is 26.8 Å². The van der Waals surface area contributed by atoms with Gasteiger partial charge in [0.05, 0.1) is 17.8 Å². The molecule has 0 aliphatic carbocycles. The highest BCUT2D eigenvalue weighted by Gasteiger charge is 2.21. The largest absolute Gasteiger partial charge is 0.379 e. The number of hydrogen-bond donors (Lipinski definition) is 1. The van der Waals surface area contributed by atoms with Crippen LogP contribution in [0, 0.1) is 0 Å². The molecule has 0 aromatic carbocycles. The summed E-state index contributed by atoms with van der Waals surface area (Å²) in [4.78, 5) is 0.